The second kappa shape index (κ2) is 7.77. The molecular weight excluding hydrogens is 330 g/mol. The Balaban J connectivity index is 1.72. The van der Waals surface area contributed by atoms with E-state index in [4.69, 9.17) is 5.26 Å². The Hall–Kier alpha value is -3.92. The van der Waals surface area contributed by atoms with Crippen LogP contribution in [0.2, 0.25) is 0 Å². The lowest BCUT2D eigenvalue weighted by atomic mass is 10.2. The van der Waals surface area contributed by atoms with Gasteiger partial charge in [-0.05, 0) is 36.4 Å². The molecule has 0 aliphatic carbocycles. The summed E-state index contributed by atoms with van der Waals surface area (Å²) < 4.78 is 1.08. The largest absolute Gasteiger partial charge is 0.339 e. The third-order valence-corrected chi connectivity index (χ3v) is 3.48. The van der Waals surface area contributed by atoms with Gasteiger partial charge in [0.25, 0.3) is 5.56 Å². The molecule has 0 bridgehead atoms. The average molecular weight is 345 g/mol. The topological polar surface area (TPSA) is 99.8 Å². The number of carbonyl (C=O) groups excluding carboxylic acids is 1. The van der Waals surface area contributed by atoms with Gasteiger partial charge in [-0.1, -0.05) is 24.3 Å². The highest BCUT2D eigenvalue weighted by Crippen LogP contribution is 2.12. The Morgan fingerprint density at radius 2 is 1.81 bits per heavy atom. The second-order valence-electron chi connectivity index (χ2n) is 5.45. The van der Waals surface area contributed by atoms with Crippen molar-refractivity contribution in [3.05, 3.63) is 82.6 Å². The summed E-state index contributed by atoms with van der Waals surface area (Å²) in [5.74, 6) is 0.0432. The van der Waals surface area contributed by atoms with Crippen molar-refractivity contribution in [1.29, 1.82) is 5.26 Å². The molecule has 0 atom stereocenters. The van der Waals surface area contributed by atoms with Crippen LogP contribution in [0.5, 0.6) is 0 Å². The van der Waals surface area contributed by atoms with Gasteiger partial charge in [0.1, 0.15) is 6.54 Å². The molecule has 3 aromatic rings. The van der Waals surface area contributed by atoms with Crippen molar-refractivity contribution in [1.82, 2.24) is 9.78 Å². The number of nitrogens with zero attached hydrogens (tertiary/aromatic N) is 3. The van der Waals surface area contributed by atoms with Crippen molar-refractivity contribution in [2.75, 3.05) is 10.6 Å². The molecular formula is C19H15N5O2. The van der Waals surface area contributed by atoms with E-state index in [-0.39, 0.29) is 12.1 Å². The fraction of sp³-hybridized carbons (Fsp3) is 0.0526. The Labute approximate surface area is 149 Å². The van der Waals surface area contributed by atoms with Crippen molar-refractivity contribution in [2.45, 2.75) is 6.54 Å². The highest BCUT2D eigenvalue weighted by Gasteiger charge is 2.08. The maximum Gasteiger partial charge on any atom is 0.267 e. The summed E-state index contributed by atoms with van der Waals surface area (Å²) in [4.78, 5) is 24.2. The molecule has 0 fully saturated rings. The minimum atomic E-state index is -0.411. The fourth-order valence-corrected chi connectivity index (χ4v) is 2.30. The molecule has 1 aromatic heterocycles. The van der Waals surface area contributed by atoms with Crippen LogP contribution in [-0.4, -0.2) is 15.7 Å². The van der Waals surface area contributed by atoms with E-state index in [0.717, 1.165) is 10.4 Å². The number of para-hydroxylation sites is 1. The number of anilines is 3. The van der Waals surface area contributed by atoms with Crippen LogP contribution in [0.25, 0.3) is 0 Å². The number of hydrogen-bond donors (Lipinski definition) is 2. The van der Waals surface area contributed by atoms with Crippen LogP contribution < -0.4 is 16.2 Å². The molecule has 1 amide bonds. The Kier molecular flexibility index (Phi) is 5.05. The van der Waals surface area contributed by atoms with Gasteiger partial charge in [0.2, 0.25) is 5.91 Å². The molecule has 0 unspecified atom stereocenters. The van der Waals surface area contributed by atoms with Crippen LogP contribution in [0, 0.1) is 11.3 Å². The van der Waals surface area contributed by atoms with E-state index in [0.29, 0.717) is 17.1 Å². The molecule has 1 heterocycles. The Morgan fingerprint density at radius 1 is 1.04 bits per heavy atom. The molecule has 7 nitrogen and oxygen atoms in total. The molecule has 26 heavy (non-hydrogen) atoms. The zero-order chi connectivity index (χ0) is 18.4. The third kappa shape index (κ3) is 4.33. The molecule has 2 N–H and O–H groups in total. The van der Waals surface area contributed by atoms with E-state index in [1.165, 1.54) is 6.07 Å². The van der Waals surface area contributed by atoms with Gasteiger partial charge in [-0.3, -0.25) is 9.59 Å². The number of benzene rings is 2. The first-order chi connectivity index (χ1) is 12.6. The number of hydrogen-bond acceptors (Lipinski definition) is 5. The minimum absolute atomic E-state index is 0.236. The maximum atomic E-state index is 12.2. The van der Waals surface area contributed by atoms with Gasteiger partial charge in [-0.2, -0.15) is 10.4 Å². The standard InChI is InChI=1S/C19H15N5O2/c20-12-14-5-4-8-16(11-14)22-18(25)13-24-19(26)10-9-17(23-24)21-15-6-2-1-3-7-15/h1-11H,13H2,(H,21,23)(H,22,25). The van der Waals surface area contributed by atoms with Crippen LogP contribution in [0.4, 0.5) is 17.2 Å². The quantitative estimate of drug-likeness (QED) is 0.740. The van der Waals surface area contributed by atoms with Crippen molar-refractivity contribution in [2.24, 2.45) is 0 Å². The van der Waals surface area contributed by atoms with Crippen LogP contribution in [0.3, 0.4) is 0 Å². The van der Waals surface area contributed by atoms with Gasteiger partial charge in [0.15, 0.2) is 5.82 Å². The lowest BCUT2D eigenvalue weighted by Crippen LogP contribution is -2.29. The predicted molar refractivity (Wildman–Crippen MR) is 98.0 cm³/mol. The van der Waals surface area contributed by atoms with Crippen molar-refractivity contribution in [3.8, 4) is 6.07 Å². The predicted octanol–water partition coefficient (Wildman–Crippen LogP) is 2.50. The molecule has 0 aliphatic heterocycles. The van der Waals surface area contributed by atoms with Gasteiger partial charge in [-0.25, -0.2) is 4.68 Å². The Bertz CT molecular complexity index is 1020. The first kappa shape index (κ1) is 16.9. The van der Waals surface area contributed by atoms with Crippen LogP contribution in [-0.2, 0) is 11.3 Å². The van der Waals surface area contributed by atoms with Gasteiger partial charge in [-0.15, -0.1) is 0 Å². The molecule has 3 rings (SSSR count). The van der Waals surface area contributed by atoms with Gasteiger partial charge in [0, 0.05) is 17.4 Å². The highest BCUT2D eigenvalue weighted by molar-refractivity contribution is 5.90. The summed E-state index contributed by atoms with van der Waals surface area (Å²) in [6.45, 7) is -0.236. The Morgan fingerprint density at radius 3 is 2.58 bits per heavy atom. The van der Waals surface area contributed by atoms with Crippen LogP contribution in [0.15, 0.2) is 71.5 Å². The number of carbonyl (C=O) groups is 1. The van der Waals surface area contributed by atoms with E-state index in [1.54, 1.807) is 30.3 Å². The number of rotatable bonds is 5. The molecule has 0 radical (unpaired) electrons. The summed E-state index contributed by atoms with van der Waals surface area (Å²) in [5, 5.41) is 18.8. The van der Waals surface area contributed by atoms with Crippen molar-refractivity contribution in [3.63, 3.8) is 0 Å². The lowest BCUT2D eigenvalue weighted by Gasteiger charge is -2.09. The summed E-state index contributed by atoms with van der Waals surface area (Å²) in [5.41, 5.74) is 1.36. The summed E-state index contributed by atoms with van der Waals surface area (Å²) in [7, 11) is 0. The van der Waals surface area contributed by atoms with E-state index >= 15 is 0 Å². The van der Waals surface area contributed by atoms with E-state index in [2.05, 4.69) is 15.7 Å². The lowest BCUT2D eigenvalue weighted by molar-refractivity contribution is -0.117. The molecule has 7 heteroatoms. The van der Waals surface area contributed by atoms with Gasteiger partial charge in [0.05, 0.1) is 11.6 Å². The highest BCUT2D eigenvalue weighted by atomic mass is 16.2. The second-order valence-corrected chi connectivity index (χ2v) is 5.45. The molecule has 2 aromatic carbocycles. The van der Waals surface area contributed by atoms with E-state index in [1.807, 2.05) is 36.4 Å². The summed E-state index contributed by atoms with van der Waals surface area (Å²) >= 11 is 0. The molecule has 0 aliphatic rings. The summed E-state index contributed by atoms with van der Waals surface area (Å²) in [6, 6.07) is 20.8. The van der Waals surface area contributed by atoms with Crippen molar-refractivity contribution >= 4 is 23.1 Å². The van der Waals surface area contributed by atoms with Gasteiger partial charge >= 0.3 is 0 Å². The van der Waals surface area contributed by atoms with E-state index < -0.39 is 5.91 Å². The summed E-state index contributed by atoms with van der Waals surface area (Å²) in [6.07, 6.45) is 0. The van der Waals surface area contributed by atoms with E-state index in [9.17, 15) is 9.59 Å². The number of amides is 1. The normalized spacial score (nSPS) is 9.96. The average Bonchev–Trinajstić information content (AvgIpc) is 2.65. The van der Waals surface area contributed by atoms with Crippen LogP contribution >= 0.6 is 0 Å². The number of nitrogens with one attached hydrogen (secondary N) is 2. The molecule has 0 saturated heterocycles. The zero-order valence-corrected chi connectivity index (χ0v) is 13.7. The number of aromatic nitrogens is 2. The smallest absolute Gasteiger partial charge is 0.267 e. The van der Waals surface area contributed by atoms with Crippen molar-refractivity contribution < 1.29 is 4.79 Å². The zero-order valence-electron chi connectivity index (χ0n) is 13.7. The van der Waals surface area contributed by atoms with Crippen LogP contribution in [0.1, 0.15) is 5.56 Å². The molecule has 0 spiro atoms. The first-order valence-corrected chi connectivity index (χ1v) is 7.84. The fourth-order valence-electron chi connectivity index (χ4n) is 2.30. The number of nitriles is 1. The van der Waals surface area contributed by atoms with Gasteiger partial charge < -0.3 is 10.6 Å². The maximum absolute atomic E-state index is 12.2. The monoisotopic (exact) mass is 345 g/mol. The molecule has 128 valence electrons. The first-order valence-electron chi connectivity index (χ1n) is 7.84. The SMILES string of the molecule is N#Cc1cccc(NC(=O)Cn2nc(Nc3ccccc3)ccc2=O)c1. The minimum Gasteiger partial charge on any atom is -0.339 e. The molecule has 0 saturated carbocycles. The third-order valence-electron chi connectivity index (χ3n) is 3.48.